The molecule has 3 heterocycles. The molecule has 1 N–H and O–H groups in total. The summed E-state index contributed by atoms with van der Waals surface area (Å²) in [7, 11) is 0. The number of nitriles is 1. The average Bonchev–Trinajstić information content (AvgIpc) is 2.77. The highest BCUT2D eigenvalue weighted by atomic mass is 16.5. The Morgan fingerprint density at radius 1 is 1.24 bits per heavy atom. The van der Waals surface area contributed by atoms with Gasteiger partial charge in [-0.15, -0.1) is 0 Å². The molecule has 2 aromatic heterocycles. The van der Waals surface area contributed by atoms with Crippen LogP contribution in [0.5, 0.6) is 0 Å². The fraction of sp³-hybridized carbons (Fsp3) is 0.273. The number of piperidine rings is 1. The van der Waals surface area contributed by atoms with Gasteiger partial charge in [0.25, 0.3) is 0 Å². The Balaban J connectivity index is 1.65. The molecule has 7 nitrogen and oxygen atoms in total. The zero-order chi connectivity index (χ0) is 20.2. The Bertz CT molecular complexity index is 1080. The van der Waals surface area contributed by atoms with Crippen LogP contribution in [-0.2, 0) is 9.53 Å². The molecule has 4 rings (SSSR count). The third-order valence-electron chi connectivity index (χ3n) is 5.06. The van der Waals surface area contributed by atoms with E-state index < -0.39 is 5.97 Å². The number of rotatable bonds is 5. The fourth-order valence-corrected chi connectivity index (χ4v) is 3.63. The Kier molecular flexibility index (Phi) is 5.36. The Labute approximate surface area is 168 Å². The van der Waals surface area contributed by atoms with Crippen LogP contribution in [0.3, 0.4) is 0 Å². The lowest BCUT2D eigenvalue weighted by Crippen LogP contribution is -2.38. The summed E-state index contributed by atoms with van der Waals surface area (Å²) in [4.78, 5) is 22.2. The minimum atomic E-state index is -0.944. The van der Waals surface area contributed by atoms with Crippen molar-refractivity contribution in [3.05, 3.63) is 54.2 Å². The van der Waals surface area contributed by atoms with Crippen LogP contribution in [0.4, 0.5) is 5.82 Å². The number of fused-ring (bicyclic) bond motifs is 1. The van der Waals surface area contributed by atoms with Crippen LogP contribution in [0.15, 0.2) is 48.7 Å². The Hall–Kier alpha value is -3.50. The predicted octanol–water partition coefficient (Wildman–Crippen LogP) is 3.24. The van der Waals surface area contributed by atoms with E-state index in [2.05, 4.69) is 16.0 Å². The van der Waals surface area contributed by atoms with Gasteiger partial charge in [0.1, 0.15) is 12.4 Å². The molecular weight excluding hydrogens is 368 g/mol. The highest BCUT2D eigenvalue weighted by Crippen LogP contribution is 2.31. The van der Waals surface area contributed by atoms with E-state index in [-0.39, 0.29) is 12.7 Å². The number of carbonyl (C=O) groups is 1. The second kappa shape index (κ2) is 8.25. The van der Waals surface area contributed by atoms with Crippen LogP contribution in [0.1, 0.15) is 18.4 Å². The molecule has 1 aromatic carbocycles. The van der Waals surface area contributed by atoms with Crippen LogP contribution < -0.4 is 4.90 Å². The van der Waals surface area contributed by atoms with Crippen molar-refractivity contribution in [3.8, 4) is 17.2 Å². The molecule has 1 aliphatic rings. The highest BCUT2D eigenvalue weighted by molar-refractivity contribution is 5.93. The molecule has 0 atom stereocenters. The molecule has 0 radical (unpaired) electrons. The second-order valence-corrected chi connectivity index (χ2v) is 6.98. The SMILES string of the molecule is N#Cc1cccc(-c2cc(N3CCC(OCC(=O)O)CC3)nc3cccnc23)c1. The number of nitrogens with zero attached hydrogens (tertiary/aromatic N) is 4. The van der Waals surface area contributed by atoms with Crippen molar-refractivity contribution in [2.24, 2.45) is 0 Å². The van der Waals surface area contributed by atoms with E-state index in [0.29, 0.717) is 5.56 Å². The molecule has 0 spiro atoms. The predicted molar refractivity (Wildman–Crippen MR) is 109 cm³/mol. The third-order valence-corrected chi connectivity index (χ3v) is 5.06. The average molecular weight is 388 g/mol. The van der Waals surface area contributed by atoms with Gasteiger partial charge in [-0.05, 0) is 48.7 Å². The second-order valence-electron chi connectivity index (χ2n) is 6.98. The molecule has 0 amide bonds. The number of hydrogen-bond donors (Lipinski definition) is 1. The third kappa shape index (κ3) is 4.18. The van der Waals surface area contributed by atoms with Crippen molar-refractivity contribution in [3.63, 3.8) is 0 Å². The number of benzene rings is 1. The first-order valence-corrected chi connectivity index (χ1v) is 9.48. The van der Waals surface area contributed by atoms with Crippen molar-refractivity contribution < 1.29 is 14.6 Å². The number of hydrogen-bond acceptors (Lipinski definition) is 6. The largest absolute Gasteiger partial charge is 0.480 e. The van der Waals surface area contributed by atoms with Gasteiger partial charge in [0, 0.05) is 24.8 Å². The molecular formula is C22H20N4O3. The van der Waals surface area contributed by atoms with Gasteiger partial charge in [-0.2, -0.15) is 5.26 Å². The van der Waals surface area contributed by atoms with Gasteiger partial charge in [0.15, 0.2) is 0 Å². The van der Waals surface area contributed by atoms with Gasteiger partial charge in [-0.1, -0.05) is 12.1 Å². The van der Waals surface area contributed by atoms with E-state index >= 15 is 0 Å². The highest BCUT2D eigenvalue weighted by Gasteiger charge is 2.22. The van der Waals surface area contributed by atoms with E-state index in [1.807, 2.05) is 36.4 Å². The van der Waals surface area contributed by atoms with Crippen molar-refractivity contribution in [1.82, 2.24) is 9.97 Å². The molecule has 7 heteroatoms. The zero-order valence-electron chi connectivity index (χ0n) is 15.8. The minimum Gasteiger partial charge on any atom is -0.480 e. The summed E-state index contributed by atoms with van der Waals surface area (Å²) in [5, 5.41) is 18.0. The number of anilines is 1. The molecule has 1 aliphatic heterocycles. The summed E-state index contributed by atoms with van der Waals surface area (Å²) in [6, 6.07) is 15.5. The summed E-state index contributed by atoms with van der Waals surface area (Å²) in [6.45, 7) is 1.21. The van der Waals surface area contributed by atoms with Gasteiger partial charge in [0.05, 0.1) is 28.8 Å². The summed E-state index contributed by atoms with van der Waals surface area (Å²) < 4.78 is 5.43. The maximum Gasteiger partial charge on any atom is 0.329 e. The molecule has 1 fully saturated rings. The van der Waals surface area contributed by atoms with E-state index in [9.17, 15) is 10.1 Å². The topological polar surface area (TPSA) is 99.3 Å². The lowest BCUT2D eigenvalue weighted by molar-refractivity contribution is -0.144. The molecule has 0 aliphatic carbocycles. The van der Waals surface area contributed by atoms with Crippen LogP contribution in [0, 0.1) is 11.3 Å². The maximum atomic E-state index is 10.7. The lowest BCUT2D eigenvalue weighted by atomic mass is 10.0. The van der Waals surface area contributed by atoms with Gasteiger partial charge in [0.2, 0.25) is 0 Å². The van der Waals surface area contributed by atoms with Crippen molar-refractivity contribution in [2.75, 3.05) is 24.6 Å². The monoisotopic (exact) mass is 388 g/mol. The summed E-state index contributed by atoms with van der Waals surface area (Å²) >= 11 is 0. The summed E-state index contributed by atoms with van der Waals surface area (Å²) in [5.74, 6) is -0.0973. The Morgan fingerprint density at radius 2 is 2.07 bits per heavy atom. The van der Waals surface area contributed by atoms with Crippen LogP contribution in [-0.4, -0.2) is 46.8 Å². The van der Waals surface area contributed by atoms with E-state index in [4.69, 9.17) is 14.8 Å². The van der Waals surface area contributed by atoms with Crippen LogP contribution >= 0.6 is 0 Å². The molecule has 0 unspecified atom stereocenters. The van der Waals surface area contributed by atoms with Gasteiger partial charge >= 0.3 is 5.97 Å². The number of ether oxygens (including phenoxy) is 1. The summed E-state index contributed by atoms with van der Waals surface area (Å²) in [5.41, 5.74) is 4.06. The first-order chi connectivity index (χ1) is 14.1. The van der Waals surface area contributed by atoms with E-state index in [0.717, 1.165) is 53.9 Å². The minimum absolute atomic E-state index is 0.0451. The quantitative estimate of drug-likeness (QED) is 0.716. The van der Waals surface area contributed by atoms with Crippen molar-refractivity contribution in [2.45, 2.75) is 18.9 Å². The van der Waals surface area contributed by atoms with E-state index in [1.165, 1.54) is 0 Å². The zero-order valence-corrected chi connectivity index (χ0v) is 15.8. The normalized spacial score (nSPS) is 14.7. The molecule has 146 valence electrons. The van der Waals surface area contributed by atoms with Gasteiger partial charge in [-0.3, -0.25) is 4.98 Å². The molecule has 0 bridgehead atoms. The first kappa shape index (κ1) is 18.8. The smallest absolute Gasteiger partial charge is 0.329 e. The van der Waals surface area contributed by atoms with Crippen molar-refractivity contribution >= 4 is 22.8 Å². The summed E-state index contributed by atoms with van der Waals surface area (Å²) in [6.07, 6.45) is 3.20. The molecule has 3 aromatic rings. The standard InChI is InChI=1S/C22H20N4O3/c23-13-15-3-1-4-16(11-15)18-12-20(25-19-5-2-8-24-22(18)19)26-9-6-17(7-10-26)29-14-21(27)28/h1-5,8,11-12,17H,6-7,9-10,14H2,(H,27,28). The fourth-order valence-electron chi connectivity index (χ4n) is 3.63. The van der Waals surface area contributed by atoms with Crippen LogP contribution in [0.25, 0.3) is 22.2 Å². The Morgan fingerprint density at radius 3 is 2.83 bits per heavy atom. The maximum absolute atomic E-state index is 10.7. The van der Waals surface area contributed by atoms with Gasteiger partial charge in [-0.25, -0.2) is 9.78 Å². The number of carboxylic acid groups (broad SMARTS) is 1. The van der Waals surface area contributed by atoms with Crippen molar-refractivity contribution in [1.29, 1.82) is 5.26 Å². The lowest BCUT2D eigenvalue weighted by Gasteiger charge is -2.32. The van der Waals surface area contributed by atoms with Gasteiger partial charge < -0.3 is 14.7 Å². The number of aliphatic carboxylic acids is 1. The van der Waals surface area contributed by atoms with E-state index in [1.54, 1.807) is 12.3 Å². The molecule has 29 heavy (non-hydrogen) atoms. The first-order valence-electron chi connectivity index (χ1n) is 9.48. The van der Waals surface area contributed by atoms with Crippen LogP contribution in [0.2, 0.25) is 0 Å². The number of pyridine rings is 2. The molecule has 0 saturated carbocycles. The molecule has 1 saturated heterocycles. The number of carboxylic acids is 1. The number of aromatic nitrogens is 2.